The number of carbonyl (C=O) groups is 2. The van der Waals surface area contributed by atoms with Crippen LogP contribution in [0.25, 0.3) is 10.9 Å². The molecule has 1 aromatic carbocycles. The van der Waals surface area contributed by atoms with Gasteiger partial charge in [0.05, 0.1) is 30.7 Å². The van der Waals surface area contributed by atoms with Crippen LogP contribution in [0.1, 0.15) is 27.9 Å². The molecule has 0 saturated heterocycles. The number of nitrogens with zero attached hydrogens (tertiary/aromatic N) is 2. The first kappa shape index (κ1) is 21.1. The third kappa shape index (κ3) is 5.04. The summed E-state index contributed by atoms with van der Waals surface area (Å²) >= 11 is 2.47. The van der Waals surface area contributed by atoms with Gasteiger partial charge in [-0.2, -0.15) is 0 Å². The van der Waals surface area contributed by atoms with Crippen LogP contribution < -0.4 is 10.1 Å². The summed E-state index contributed by atoms with van der Waals surface area (Å²) in [5.74, 6) is 0.322. The van der Waals surface area contributed by atoms with Crippen LogP contribution in [0.5, 0.6) is 5.75 Å². The van der Waals surface area contributed by atoms with Gasteiger partial charge in [-0.05, 0) is 50.6 Å². The molecule has 2 aromatic heterocycles. The number of methoxy groups -OCH3 is 1. The maximum absolute atomic E-state index is 12.3. The Morgan fingerprint density at radius 2 is 2.00 bits per heavy atom. The quantitative estimate of drug-likeness (QED) is 0.442. The van der Waals surface area contributed by atoms with E-state index in [2.05, 4.69) is 15.3 Å². The van der Waals surface area contributed by atoms with Gasteiger partial charge in [-0.3, -0.25) is 4.79 Å². The second-order valence-electron chi connectivity index (χ2n) is 6.16. The van der Waals surface area contributed by atoms with Crippen molar-refractivity contribution in [3.8, 4) is 5.75 Å². The number of hydrogen-bond acceptors (Lipinski definition) is 8. The number of carbonyl (C=O) groups excluding carboxylic acids is 2. The zero-order valence-electron chi connectivity index (χ0n) is 16.6. The zero-order chi connectivity index (χ0) is 21.0. The second kappa shape index (κ2) is 9.23. The number of nitrogens with one attached hydrogen (secondary N) is 1. The van der Waals surface area contributed by atoms with Gasteiger partial charge in [0.25, 0.3) is 0 Å². The van der Waals surface area contributed by atoms with Crippen molar-refractivity contribution in [2.24, 2.45) is 0 Å². The largest absolute Gasteiger partial charge is 0.497 e. The number of esters is 1. The summed E-state index contributed by atoms with van der Waals surface area (Å²) in [4.78, 5) is 33.5. The Hall–Kier alpha value is -2.65. The van der Waals surface area contributed by atoms with E-state index >= 15 is 0 Å². The van der Waals surface area contributed by atoms with E-state index < -0.39 is 5.97 Å². The normalized spacial score (nSPS) is 10.8. The number of ether oxygens (including phenoxy) is 2. The van der Waals surface area contributed by atoms with Gasteiger partial charge in [0, 0.05) is 5.39 Å². The summed E-state index contributed by atoms with van der Waals surface area (Å²) in [6.45, 7) is 5.71. The highest BCUT2D eigenvalue weighted by Gasteiger charge is 2.18. The smallest absolute Gasteiger partial charge is 0.350 e. The molecule has 29 heavy (non-hydrogen) atoms. The van der Waals surface area contributed by atoms with Crippen molar-refractivity contribution < 1.29 is 19.1 Å². The molecule has 9 heteroatoms. The summed E-state index contributed by atoms with van der Waals surface area (Å²) in [6, 6.07) is 7.72. The Morgan fingerprint density at radius 1 is 1.21 bits per heavy atom. The maximum Gasteiger partial charge on any atom is 0.350 e. The van der Waals surface area contributed by atoms with E-state index in [-0.39, 0.29) is 11.7 Å². The van der Waals surface area contributed by atoms with Crippen LogP contribution in [0.15, 0.2) is 29.3 Å². The van der Waals surface area contributed by atoms with Crippen molar-refractivity contribution >= 4 is 51.0 Å². The number of anilines is 1. The van der Waals surface area contributed by atoms with Crippen LogP contribution in [-0.2, 0) is 9.53 Å². The number of benzene rings is 1. The van der Waals surface area contributed by atoms with E-state index in [1.54, 1.807) is 21.0 Å². The van der Waals surface area contributed by atoms with Crippen LogP contribution in [0, 0.1) is 13.8 Å². The number of rotatable bonds is 7. The minimum Gasteiger partial charge on any atom is -0.497 e. The number of pyridine rings is 1. The number of aryl methyl sites for hydroxylation is 2. The van der Waals surface area contributed by atoms with Crippen molar-refractivity contribution in [1.29, 1.82) is 0 Å². The topological polar surface area (TPSA) is 90.4 Å². The summed E-state index contributed by atoms with van der Waals surface area (Å²) in [7, 11) is 1.63. The molecule has 0 aliphatic rings. The number of thiazole rings is 1. The van der Waals surface area contributed by atoms with Crippen LogP contribution in [-0.4, -0.2) is 41.3 Å². The van der Waals surface area contributed by atoms with Gasteiger partial charge >= 0.3 is 5.97 Å². The summed E-state index contributed by atoms with van der Waals surface area (Å²) in [6.07, 6.45) is 0. The SMILES string of the molecule is CCOC(=O)c1sc(NC(=O)CSc2nc3ccc(OC)cc3cc2C)nc1C. The highest BCUT2D eigenvalue weighted by Crippen LogP contribution is 2.28. The lowest BCUT2D eigenvalue weighted by atomic mass is 10.1. The Morgan fingerprint density at radius 3 is 2.72 bits per heavy atom. The van der Waals surface area contributed by atoms with E-state index in [0.717, 1.165) is 38.6 Å². The van der Waals surface area contributed by atoms with Crippen molar-refractivity contribution in [2.75, 3.05) is 24.8 Å². The number of hydrogen-bond donors (Lipinski definition) is 1. The van der Waals surface area contributed by atoms with E-state index in [1.165, 1.54) is 11.8 Å². The molecule has 7 nitrogen and oxygen atoms in total. The maximum atomic E-state index is 12.3. The fourth-order valence-electron chi connectivity index (χ4n) is 2.64. The van der Waals surface area contributed by atoms with E-state index in [0.29, 0.717) is 22.3 Å². The molecule has 0 saturated carbocycles. The molecule has 0 unspecified atom stereocenters. The van der Waals surface area contributed by atoms with Crippen molar-refractivity contribution in [1.82, 2.24) is 9.97 Å². The third-order valence-corrected chi connectivity index (χ3v) is 6.16. The molecule has 0 radical (unpaired) electrons. The predicted molar refractivity (Wildman–Crippen MR) is 115 cm³/mol. The fourth-order valence-corrected chi connectivity index (χ4v) is 4.31. The standard InChI is InChI=1S/C20H21N3O4S2/c1-5-27-19(25)17-12(3)21-20(29-17)23-16(24)10-28-18-11(2)8-13-9-14(26-4)6-7-15(13)22-18/h6-9H,5,10H2,1-4H3,(H,21,23,24). The molecule has 3 rings (SSSR count). The lowest BCUT2D eigenvalue weighted by molar-refractivity contribution is -0.113. The Labute approximate surface area is 176 Å². The summed E-state index contributed by atoms with van der Waals surface area (Å²) in [5.41, 5.74) is 2.37. The van der Waals surface area contributed by atoms with Crippen LogP contribution >= 0.6 is 23.1 Å². The minimum absolute atomic E-state index is 0.183. The molecular weight excluding hydrogens is 410 g/mol. The molecule has 0 spiro atoms. The number of fused-ring (bicyclic) bond motifs is 1. The van der Waals surface area contributed by atoms with Gasteiger partial charge < -0.3 is 14.8 Å². The lowest BCUT2D eigenvalue weighted by Crippen LogP contribution is -2.14. The number of thioether (sulfide) groups is 1. The monoisotopic (exact) mass is 431 g/mol. The average Bonchev–Trinajstić information content (AvgIpc) is 3.06. The van der Waals surface area contributed by atoms with Crippen molar-refractivity contribution in [3.63, 3.8) is 0 Å². The first-order chi connectivity index (χ1) is 13.9. The molecule has 0 atom stereocenters. The van der Waals surface area contributed by atoms with Gasteiger partial charge in [0.1, 0.15) is 15.7 Å². The molecule has 1 amide bonds. The zero-order valence-corrected chi connectivity index (χ0v) is 18.2. The Kier molecular flexibility index (Phi) is 6.71. The number of amides is 1. The van der Waals surface area contributed by atoms with Crippen molar-refractivity contribution in [2.45, 2.75) is 25.8 Å². The first-order valence-corrected chi connectivity index (χ1v) is 10.7. The predicted octanol–water partition coefficient (Wildman–Crippen LogP) is 4.22. The summed E-state index contributed by atoms with van der Waals surface area (Å²) in [5, 5.41) is 4.90. The Balaban J connectivity index is 1.66. The molecule has 2 heterocycles. The van der Waals surface area contributed by atoms with E-state index in [1.807, 2.05) is 31.2 Å². The third-order valence-electron chi connectivity index (χ3n) is 4.01. The molecule has 0 aliphatic carbocycles. The van der Waals surface area contributed by atoms with Gasteiger partial charge in [-0.15, -0.1) is 0 Å². The number of aromatic nitrogens is 2. The van der Waals surface area contributed by atoms with E-state index in [4.69, 9.17) is 9.47 Å². The van der Waals surface area contributed by atoms with Gasteiger partial charge in [0.2, 0.25) is 5.91 Å². The molecule has 0 fully saturated rings. The first-order valence-electron chi connectivity index (χ1n) is 8.93. The minimum atomic E-state index is -0.426. The van der Waals surface area contributed by atoms with Gasteiger partial charge in [0.15, 0.2) is 5.13 Å². The highest BCUT2D eigenvalue weighted by atomic mass is 32.2. The van der Waals surface area contributed by atoms with Crippen LogP contribution in [0.3, 0.4) is 0 Å². The molecular formula is C20H21N3O4S2. The van der Waals surface area contributed by atoms with E-state index in [9.17, 15) is 9.59 Å². The van der Waals surface area contributed by atoms with Gasteiger partial charge in [-0.25, -0.2) is 14.8 Å². The molecule has 152 valence electrons. The Bertz CT molecular complexity index is 1070. The van der Waals surface area contributed by atoms with Crippen LogP contribution in [0.4, 0.5) is 5.13 Å². The lowest BCUT2D eigenvalue weighted by Gasteiger charge is -2.08. The molecule has 1 N–H and O–H groups in total. The fraction of sp³-hybridized carbons (Fsp3) is 0.300. The van der Waals surface area contributed by atoms with Gasteiger partial charge in [-0.1, -0.05) is 23.1 Å². The molecule has 0 aliphatic heterocycles. The van der Waals surface area contributed by atoms with Crippen LogP contribution in [0.2, 0.25) is 0 Å². The molecule has 0 bridgehead atoms. The summed E-state index contributed by atoms with van der Waals surface area (Å²) < 4.78 is 10.2. The second-order valence-corrected chi connectivity index (χ2v) is 8.12. The molecule has 3 aromatic rings. The van der Waals surface area contributed by atoms with Crippen molar-refractivity contribution in [3.05, 3.63) is 40.4 Å². The average molecular weight is 432 g/mol. The highest BCUT2D eigenvalue weighted by molar-refractivity contribution is 8.00.